The Labute approximate surface area is 158 Å². The van der Waals surface area contributed by atoms with Crippen molar-refractivity contribution in [2.24, 2.45) is 7.05 Å². The van der Waals surface area contributed by atoms with E-state index in [0.717, 1.165) is 42.9 Å². The van der Waals surface area contributed by atoms with Gasteiger partial charge in [-0.05, 0) is 52.6 Å². The largest absolute Gasteiger partial charge is 0.317 e. The van der Waals surface area contributed by atoms with Gasteiger partial charge in [-0.3, -0.25) is 9.48 Å². The summed E-state index contributed by atoms with van der Waals surface area (Å²) in [6.45, 7) is 7.98. The van der Waals surface area contributed by atoms with Gasteiger partial charge in [0, 0.05) is 29.4 Å². The van der Waals surface area contributed by atoms with Crippen molar-refractivity contribution in [3.05, 3.63) is 28.0 Å². The van der Waals surface area contributed by atoms with Crippen LogP contribution in [0.2, 0.25) is 0 Å². The van der Waals surface area contributed by atoms with Gasteiger partial charge in [-0.2, -0.15) is 5.10 Å². The van der Waals surface area contributed by atoms with Crippen LogP contribution in [0.4, 0.5) is 5.13 Å². The fourth-order valence-electron chi connectivity index (χ4n) is 3.40. The number of hydrogen-bond donors (Lipinski definition) is 2. The van der Waals surface area contributed by atoms with Crippen LogP contribution in [0.1, 0.15) is 53.4 Å². The molecular formula is C17H26ClN5OS. The first-order valence-corrected chi connectivity index (χ1v) is 9.26. The van der Waals surface area contributed by atoms with Crippen molar-refractivity contribution < 1.29 is 4.79 Å². The average Bonchev–Trinajstić information content (AvgIpc) is 3.13. The third-order valence-corrected chi connectivity index (χ3v) is 5.96. The van der Waals surface area contributed by atoms with Gasteiger partial charge in [0.15, 0.2) is 5.13 Å². The first-order valence-electron chi connectivity index (χ1n) is 8.44. The molecule has 6 nitrogen and oxygen atoms in total. The van der Waals surface area contributed by atoms with Gasteiger partial charge in [0.2, 0.25) is 5.91 Å². The van der Waals surface area contributed by atoms with Crippen molar-refractivity contribution in [2.45, 2.75) is 45.4 Å². The normalized spacial score (nSPS) is 16.3. The van der Waals surface area contributed by atoms with Crippen LogP contribution in [-0.4, -0.2) is 33.8 Å². The lowest BCUT2D eigenvalue weighted by Crippen LogP contribution is -2.26. The lowest BCUT2D eigenvalue weighted by Gasteiger charge is -2.20. The maximum absolute atomic E-state index is 12.6. The van der Waals surface area contributed by atoms with E-state index in [9.17, 15) is 4.79 Å². The lowest BCUT2D eigenvalue weighted by atomic mass is 9.97. The summed E-state index contributed by atoms with van der Waals surface area (Å²) in [6.07, 6.45) is 4.20. The molecule has 0 bridgehead atoms. The predicted molar refractivity (Wildman–Crippen MR) is 104 cm³/mol. The van der Waals surface area contributed by atoms with Crippen LogP contribution in [0.25, 0.3) is 0 Å². The van der Waals surface area contributed by atoms with E-state index in [1.807, 2.05) is 38.7 Å². The van der Waals surface area contributed by atoms with E-state index in [0.29, 0.717) is 11.0 Å². The maximum Gasteiger partial charge on any atom is 0.233 e. The molecular weight excluding hydrogens is 358 g/mol. The number of nitrogens with zero attached hydrogens (tertiary/aromatic N) is 3. The number of halogens is 1. The molecule has 1 amide bonds. The molecule has 3 rings (SSSR count). The number of piperidine rings is 1. The van der Waals surface area contributed by atoms with Crippen molar-refractivity contribution in [2.75, 3.05) is 18.4 Å². The van der Waals surface area contributed by atoms with Crippen molar-refractivity contribution in [1.29, 1.82) is 0 Å². The summed E-state index contributed by atoms with van der Waals surface area (Å²) >= 11 is 1.60. The molecule has 2 aromatic heterocycles. The van der Waals surface area contributed by atoms with E-state index in [1.165, 1.54) is 4.88 Å². The third kappa shape index (κ3) is 4.22. The fraction of sp³-hybridized carbons (Fsp3) is 0.588. The summed E-state index contributed by atoms with van der Waals surface area (Å²) in [5.74, 6) is 0.292. The second-order valence-electron chi connectivity index (χ2n) is 6.51. The number of amides is 1. The molecule has 0 aromatic carbocycles. The number of nitrogens with one attached hydrogen (secondary N) is 2. The highest BCUT2D eigenvalue weighted by Gasteiger charge is 2.24. The van der Waals surface area contributed by atoms with Crippen LogP contribution >= 0.6 is 23.7 Å². The van der Waals surface area contributed by atoms with Gasteiger partial charge in [0.05, 0.1) is 11.6 Å². The van der Waals surface area contributed by atoms with Gasteiger partial charge in [-0.15, -0.1) is 23.7 Å². The summed E-state index contributed by atoms with van der Waals surface area (Å²) in [7, 11) is 1.91. The Kier molecular flexibility index (Phi) is 6.59. The van der Waals surface area contributed by atoms with E-state index < -0.39 is 0 Å². The van der Waals surface area contributed by atoms with Crippen LogP contribution in [0.15, 0.2) is 6.20 Å². The summed E-state index contributed by atoms with van der Waals surface area (Å²) in [5, 5.41) is 11.5. The Bertz CT molecular complexity index is 735. The van der Waals surface area contributed by atoms with Gasteiger partial charge < -0.3 is 10.6 Å². The highest BCUT2D eigenvalue weighted by molar-refractivity contribution is 7.15. The molecule has 0 spiro atoms. The van der Waals surface area contributed by atoms with Gasteiger partial charge >= 0.3 is 0 Å². The van der Waals surface area contributed by atoms with Gasteiger partial charge in [-0.25, -0.2) is 4.98 Å². The number of hydrogen-bond acceptors (Lipinski definition) is 5. The van der Waals surface area contributed by atoms with Crippen LogP contribution in [0, 0.1) is 13.8 Å². The fourth-order valence-corrected chi connectivity index (χ4v) is 4.39. The zero-order chi connectivity index (χ0) is 17.3. The molecule has 2 N–H and O–H groups in total. The van der Waals surface area contributed by atoms with Crippen LogP contribution in [0.5, 0.6) is 0 Å². The smallest absolute Gasteiger partial charge is 0.233 e. The molecule has 1 atom stereocenters. The Balaban J connectivity index is 0.00000225. The Morgan fingerprint density at radius 1 is 1.40 bits per heavy atom. The Hall–Kier alpha value is -1.44. The molecule has 25 heavy (non-hydrogen) atoms. The topological polar surface area (TPSA) is 71.8 Å². The molecule has 0 aliphatic carbocycles. The second-order valence-corrected chi connectivity index (χ2v) is 7.57. The van der Waals surface area contributed by atoms with E-state index in [2.05, 4.69) is 20.7 Å². The minimum absolute atomic E-state index is 0. The van der Waals surface area contributed by atoms with Crippen LogP contribution < -0.4 is 10.6 Å². The first-order chi connectivity index (χ1) is 11.5. The molecule has 1 aliphatic rings. The minimum Gasteiger partial charge on any atom is -0.317 e. The van der Waals surface area contributed by atoms with Gasteiger partial charge in [0.25, 0.3) is 0 Å². The maximum atomic E-state index is 12.6. The molecule has 0 radical (unpaired) electrons. The van der Waals surface area contributed by atoms with E-state index >= 15 is 0 Å². The lowest BCUT2D eigenvalue weighted by molar-refractivity contribution is -0.117. The molecule has 1 fully saturated rings. The number of carbonyl (C=O) groups excluding carboxylic acids is 1. The first kappa shape index (κ1) is 19.9. The third-order valence-electron chi connectivity index (χ3n) is 4.89. The second kappa shape index (κ2) is 8.29. The average molecular weight is 384 g/mol. The van der Waals surface area contributed by atoms with E-state index in [4.69, 9.17) is 0 Å². The van der Waals surface area contributed by atoms with Gasteiger partial charge in [0.1, 0.15) is 0 Å². The molecule has 1 saturated heterocycles. The number of aromatic nitrogens is 3. The summed E-state index contributed by atoms with van der Waals surface area (Å²) in [6, 6.07) is 0. The molecule has 8 heteroatoms. The molecule has 2 aromatic rings. The summed E-state index contributed by atoms with van der Waals surface area (Å²) < 4.78 is 1.83. The van der Waals surface area contributed by atoms with Crippen LogP contribution in [-0.2, 0) is 11.8 Å². The monoisotopic (exact) mass is 383 g/mol. The molecule has 138 valence electrons. The SMILES string of the molecule is Cc1nn(C)c(C)c1C(C)C(=O)Nc1ncc(C2CCNCC2)s1.Cl. The molecule has 1 aliphatic heterocycles. The number of thiazole rings is 1. The Morgan fingerprint density at radius 3 is 2.68 bits per heavy atom. The summed E-state index contributed by atoms with van der Waals surface area (Å²) in [5.41, 5.74) is 2.95. The van der Waals surface area contributed by atoms with Crippen molar-refractivity contribution in [3.8, 4) is 0 Å². The molecule has 3 heterocycles. The quantitative estimate of drug-likeness (QED) is 0.850. The van der Waals surface area contributed by atoms with Crippen molar-refractivity contribution in [1.82, 2.24) is 20.1 Å². The minimum atomic E-state index is -0.245. The highest BCUT2D eigenvalue weighted by atomic mass is 35.5. The molecule has 1 unspecified atom stereocenters. The number of anilines is 1. The Morgan fingerprint density at radius 2 is 2.08 bits per heavy atom. The highest BCUT2D eigenvalue weighted by Crippen LogP contribution is 2.32. The van der Waals surface area contributed by atoms with Crippen molar-refractivity contribution in [3.63, 3.8) is 0 Å². The summed E-state index contributed by atoms with van der Waals surface area (Å²) in [4.78, 5) is 18.3. The van der Waals surface area contributed by atoms with E-state index in [-0.39, 0.29) is 24.2 Å². The van der Waals surface area contributed by atoms with Gasteiger partial charge in [-0.1, -0.05) is 0 Å². The van der Waals surface area contributed by atoms with Crippen molar-refractivity contribution >= 4 is 34.8 Å². The van der Waals surface area contributed by atoms with Crippen LogP contribution in [0.3, 0.4) is 0 Å². The number of rotatable bonds is 4. The number of aryl methyl sites for hydroxylation is 2. The zero-order valence-electron chi connectivity index (χ0n) is 15.1. The number of carbonyl (C=O) groups is 1. The van der Waals surface area contributed by atoms with E-state index in [1.54, 1.807) is 11.3 Å². The molecule has 0 saturated carbocycles. The predicted octanol–water partition coefficient (Wildman–Crippen LogP) is 3.12. The zero-order valence-corrected chi connectivity index (χ0v) is 16.8. The standard InChI is InChI=1S/C17H25N5OS.ClH/c1-10(15-11(2)21-22(4)12(15)3)16(23)20-17-19-9-14(24-17)13-5-7-18-8-6-13;/h9-10,13,18H,5-8H2,1-4H3,(H,19,20,23);1H.